The molecule has 0 amide bonds. The van der Waals surface area contributed by atoms with Gasteiger partial charge in [-0.15, -0.1) is 0 Å². The third-order valence-corrected chi connectivity index (χ3v) is 3.01. The Kier molecular flexibility index (Phi) is 2.42. The first-order valence-electron chi connectivity index (χ1n) is 4.55. The normalized spacial score (nSPS) is 10.7. The van der Waals surface area contributed by atoms with Gasteiger partial charge in [-0.3, -0.25) is 0 Å². The second-order valence-corrected chi connectivity index (χ2v) is 4.04. The number of fused-ring (bicyclic) bond motifs is 1. The summed E-state index contributed by atoms with van der Waals surface area (Å²) in [6.45, 7) is 2.12. The Morgan fingerprint density at radius 1 is 1.43 bits per heavy atom. The van der Waals surface area contributed by atoms with Gasteiger partial charge in [0, 0.05) is 21.4 Å². The largest absolute Gasteiger partial charge is 0.383 e. The summed E-state index contributed by atoms with van der Waals surface area (Å²) in [7, 11) is 0. The van der Waals surface area contributed by atoms with Gasteiger partial charge in [0.2, 0.25) is 0 Å². The lowest BCUT2D eigenvalue weighted by Crippen LogP contribution is -1.95. The first kappa shape index (κ1) is 9.46. The Balaban J connectivity index is 2.92. The second-order valence-electron chi connectivity index (χ2n) is 3.18. The van der Waals surface area contributed by atoms with Gasteiger partial charge in [-0.1, -0.05) is 35.0 Å². The van der Waals surface area contributed by atoms with Crippen molar-refractivity contribution in [2.45, 2.75) is 13.3 Å². The molecule has 1 aromatic heterocycles. The topological polar surface area (TPSA) is 38.9 Å². The number of nitrogens with two attached hydrogens (primary N) is 1. The van der Waals surface area contributed by atoms with Crippen molar-refractivity contribution >= 4 is 32.5 Å². The fourth-order valence-electron chi connectivity index (χ4n) is 1.61. The minimum Gasteiger partial charge on any atom is -0.383 e. The lowest BCUT2D eigenvalue weighted by Gasteiger charge is -2.07. The molecule has 0 spiro atoms. The van der Waals surface area contributed by atoms with Crippen LogP contribution < -0.4 is 5.73 Å². The molecular weight excluding hydrogens is 240 g/mol. The first-order valence-corrected chi connectivity index (χ1v) is 5.35. The van der Waals surface area contributed by atoms with Crippen LogP contribution in [0.5, 0.6) is 0 Å². The molecule has 14 heavy (non-hydrogen) atoms. The molecule has 1 aromatic carbocycles. The number of anilines is 1. The highest BCUT2D eigenvalue weighted by Gasteiger charge is 2.06. The van der Waals surface area contributed by atoms with Gasteiger partial charge in [0.15, 0.2) is 0 Å². The van der Waals surface area contributed by atoms with Gasteiger partial charge < -0.3 is 5.73 Å². The number of aromatic nitrogens is 1. The smallest absolute Gasteiger partial charge is 0.131 e. The highest BCUT2D eigenvalue weighted by molar-refractivity contribution is 9.10. The average molecular weight is 251 g/mol. The summed E-state index contributed by atoms with van der Waals surface area (Å²) < 4.78 is 1.08. The van der Waals surface area contributed by atoms with Crippen LogP contribution in [0.1, 0.15) is 12.5 Å². The summed E-state index contributed by atoms with van der Waals surface area (Å²) in [4.78, 5) is 4.18. The Bertz CT molecular complexity index is 480. The van der Waals surface area contributed by atoms with Gasteiger partial charge in [-0.05, 0) is 18.1 Å². The highest BCUT2D eigenvalue weighted by atomic mass is 79.9. The molecule has 0 fully saturated rings. The van der Waals surface area contributed by atoms with Crippen molar-refractivity contribution in [3.8, 4) is 0 Å². The van der Waals surface area contributed by atoms with Crippen LogP contribution in [-0.4, -0.2) is 4.98 Å². The number of halogens is 1. The van der Waals surface area contributed by atoms with Crippen molar-refractivity contribution in [1.82, 2.24) is 4.98 Å². The van der Waals surface area contributed by atoms with Crippen molar-refractivity contribution in [3.63, 3.8) is 0 Å². The Morgan fingerprint density at radius 2 is 2.21 bits per heavy atom. The molecule has 0 saturated carbocycles. The maximum Gasteiger partial charge on any atom is 0.131 e. The zero-order valence-electron chi connectivity index (χ0n) is 7.92. The third-order valence-electron chi connectivity index (χ3n) is 2.35. The highest BCUT2D eigenvalue weighted by Crippen LogP contribution is 2.29. The maximum absolute atomic E-state index is 5.82. The molecule has 72 valence electrons. The van der Waals surface area contributed by atoms with Gasteiger partial charge >= 0.3 is 0 Å². The summed E-state index contributed by atoms with van der Waals surface area (Å²) in [5.74, 6) is 0.596. The van der Waals surface area contributed by atoms with Gasteiger partial charge in [-0.25, -0.2) is 4.98 Å². The summed E-state index contributed by atoms with van der Waals surface area (Å²) in [6.07, 6.45) is 2.81. The molecule has 2 nitrogen and oxygen atoms in total. The van der Waals surface area contributed by atoms with Crippen molar-refractivity contribution in [1.29, 1.82) is 0 Å². The van der Waals surface area contributed by atoms with E-state index in [1.165, 1.54) is 10.9 Å². The predicted molar refractivity (Wildman–Crippen MR) is 63.2 cm³/mol. The number of hydrogen-bond donors (Lipinski definition) is 1. The molecular formula is C11H11BrN2. The van der Waals surface area contributed by atoms with E-state index >= 15 is 0 Å². The van der Waals surface area contributed by atoms with E-state index in [0.717, 1.165) is 16.3 Å². The van der Waals surface area contributed by atoms with E-state index in [4.69, 9.17) is 5.73 Å². The number of pyridine rings is 1. The minimum absolute atomic E-state index is 0.596. The number of rotatable bonds is 1. The van der Waals surface area contributed by atoms with E-state index in [-0.39, 0.29) is 0 Å². The zero-order valence-corrected chi connectivity index (χ0v) is 9.51. The van der Waals surface area contributed by atoms with Gasteiger partial charge in [0.05, 0.1) is 0 Å². The monoisotopic (exact) mass is 250 g/mol. The molecule has 0 unspecified atom stereocenters. The second kappa shape index (κ2) is 3.58. The van der Waals surface area contributed by atoms with Crippen LogP contribution in [-0.2, 0) is 6.42 Å². The van der Waals surface area contributed by atoms with Crippen molar-refractivity contribution in [2.75, 3.05) is 5.73 Å². The molecule has 0 aliphatic carbocycles. The SMILES string of the molecule is CCc1cnc(N)c2cccc(Br)c12. The van der Waals surface area contributed by atoms with Gasteiger partial charge in [0.1, 0.15) is 5.82 Å². The van der Waals surface area contributed by atoms with Crippen LogP contribution in [0, 0.1) is 0 Å². The van der Waals surface area contributed by atoms with Crippen molar-refractivity contribution in [2.24, 2.45) is 0 Å². The maximum atomic E-state index is 5.82. The molecule has 1 heterocycles. The van der Waals surface area contributed by atoms with E-state index in [0.29, 0.717) is 5.82 Å². The van der Waals surface area contributed by atoms with Crippen LogP contribution in [0.3, 0.4) is 0 Å². The van der Waals surface area contributed by atoms with Crippen molar-refractivity contribution in [3.05, 3.63) is 34.4 Å². The van der Waals surface area contributed by atoms with Crippen LogP contribution in [0.4, 0.5) is 5.82 Å². The number of aryl methyl sites for hydroxylation is 1. The lowest BCUT2D eigenvalue weighted by molar-refractivity contribution is 1.13. The van der Waals surface area contributed by atoms with Crippen LogP contribution in [0.15, 0.2) is 28.9 Å². The molecule has 2 aromatic rings. The van der Waals surface area contributed by atoms with Crippen LogP contribution in [0.25, 0.3) is 10.8 Å². The Labute approximate surface area is 91.3 Å². The lowest BCUT2D eigenvalue weighted by atomic mass is 10.1. The summed E-state index contributed by atoms with van der Waals surface area (Å²) in [6, 6.07) is 6.01. The van der Waals surface area contributed by atoms with E-state index in [2.05, 4.69) is 27.8 Å². The molecule has 0 radical (unpaired) electrons. The molecule has 2 N–H and O–H groups in total. The summed E-state index contributed by atoms with van der Waals surface area (Å²) in [5, 5.41) is 2.21. The molecule has 0 aliphatic rings. The van der Waals surface area contributed by atoms with E-state index in [1.807, 2.05) is 24.4 Å². The fraction of sp³-hybridized carbons (Fsp3) is 0.182. The van der Waals surface area contributed by atoms with Crippen LogP contribution in [0.2, 0.25) is 0 Å². The third kappa shape index (κ3) is 1.38. The number of nitrogen functional groups attached to an aromatic ring is 1. The van der Waals surface area contributed by atoms with E-state index in [9.17, 15) is 0 Å². The summed E-state index contributed by atoms with van der Waals surface area (Å²) >= 11 is 3.54. The predicted octanol–water partition coefficient (Wildman–Crippen LogP) is 3.14. The van der Waals surface area contributed by atoms with Crippen molar-refractivity contribution < 1.29 is 0 Å². The molecule has 0 atom stereocenters. The summed E-state index contributed by atoms with van der Waals surface area (Å²) in [5.41, 5.74) is 7.04. The number of benzene rings is 1. The number of nitrogens with zero attached hydrogens (tertiary/aromatic N) is 1. The molecule has 0 saturated heterocycles. The fourth-order valence-corrected chi connectivity index (χ4v) is 2.23. The molecule has 2 rings (SSSR count). The molecule has 3 heteroatoms. The quantitative estimate of drug-likeness (QED) is 0.845. The average Bonchev–Trinajstić information content (AvgIpc) is 2.20. The van der Waals surface area contributed by atoms with Gasteiger partial charge in [-0.2, -0.15) is 0 Å². The molecule has 0 aliphatic heterocycles. The Morgan fingerprint density at radius 3 is 2.93 bits per heavy atom. The standard InChI is InChI=1S/C11H11BrN2/c1-2-7-6-14-11(13)8-4-3-5-9(12)10(7)8/h3-6H,2H2,1H3,(H2,13,14). The van der Waals surface area contributed by atoms with E-state index < -0.39 is 0 Å². The minimum atomic E-state index is 0.596. The van der Waals surface area contributed by atoms with Gasteiger partial charge in [0.25, 0.3) is 0 Å². The number of hydrogen-bond acceptors (Lipinski definition) is 2. The Hall–Kier alpha value is -1.09. The first-order chi connectivity index (χ1) is 6.74. The zero-order chi connectivity index (χ0) is 10.1. The van der Waals surface area contributed by atoms with Crippen LogP contribution >= 0.6 is 15.9 Å². The molecule has 0 bridgehead atoms. The van der Waals surface area contributed by atoms with E-state index in [1.54, 1.807) is 0 Å².